The lowest BCUT2D eigenvalue weighted by Gasteiger charge is -2.16. The van der Waals surface area contributed by atoms with E-state index in [9.17, 15) is 9.59 Å². The molecule has 1 aromatic rings. The molecule has 0 aliphatic carbocycles. The van der Waals surface area contributed by atoms with Crippen molar-refractivity contribution in [3.8, 4) is 0 Å². The van der Waals surface area contributed by atoms with Crippen LogP contribution in [-0.4, -0.2) is 39.2 Å². The van der Waals surface area contributed by atoms with Gasteiger partial charge in [0.15, 0.2) is 0 Å². The van der Waals surface area contributed by atoms with Crippen LogP contribution in [0.15, 0.2) is 16.9 Å². The Morgan fingerprint density at radius 1 is 1.47 bits per heavy atom. The van der Waals surface area contributed by atoms with Crippen LogP contribution in [0.4, 0.5) is 0 Å². The largest absolute Gasteiger partial charge is 0.393 e. The number of hydrogen-bond acceptors (Lipinski definition) is 4. The van der Waals surface area contributed by atoms with Crippen molar-refractivity contribution in [2.75, 3.05) is 13.6 Å². The summed E-state index contributed by atoms with van der Waals surface area (Å²) in [7, 11) is 1.69. The molecule has 0 saturated heterocycles. The number of thiocarbonyl (C=S) groups is 1. The van der Waals surface area contributed by atoms with Gasteiger partial charge in [-0.1, -0.05) is 12.2 Å². The van der Waals surface area contributed by atoms with Gasteiger partial charge in [0.1, 0.15) is 0 Å². The van der Waals surface area contributed by atoms with Gasteiger partial charge in [0, 0.05) is 32.5 Å². The first-order valence-electron chi connectivity index (χ1n) is 5.97. The van der Waals surface area contributed by atoms with Crippen molar-refractivity contribution in [3.63, 3.8) is 0 Å². The zero-order valence-corrected chi connectivity index (χ0v) is 11.9. The van der Waals surface area contributed by atoms with Gasteiger partial charge in [-0.2, -0.15) is 5.10 Å². The van der Waals surface area contributed by atoms with Gasteiger partial charge in [-0.3, -0.25) is 9.59 Å². The van der Waals surface area contributed by atoms with Crippen molar-refractivity contribution in [2.24, 2.45) is 5.73 Å². The number of carbonyl (C=O) groups is 1. The van der Waals surface area contributed by atoms with Crippen LogP contribution in [0, 0.1) is 6.92 Å². The Morgan fingerprint density at radius 2 is 2.16 bits per heavy atom. The normalized spacial score (nSPS) is 10.2. The summed E-state index contributed by atoms with van der Waals surface area (Å²) in [5.74, 6) is -0.0635. The molecule has 1 amide bonds. The van der Waals surface area contributed by atoms with Gasteiger partial charge in [-0.05, 0) is 13.0 Å². The lowest BCUT2D eigenvalue weighted by molar-refractivity contribution is -0.130. The molecule has 0 spiro atoms. The molecule has 0 radical (unpaired) electrons. The molecule has 1 heterocycles. The highest BCUT2D eigenvalue weighted by molar-refractivity contribution is 7.80. The topological polar surface area (TPSA) is 81.2 Å². The third-order valence-corrected chi connectivity index (χ3v) is 2.86. The number of carbonyl (C=O) groups excluding carboxylic acids is 1. The standard InChI is InChI=1S/C12H18N4O2S/c1-9-3-4-12(18)16(14-9)8-6-11(17)15(2)7-5-10(13)19/h3-4H,5-8H2,1-2H3,(H2,13,19). The molecule has 0 aromatic carbocycles. The van der Waals surface area contributed by atoms with Crippen LogP contribution >= 0.6 is 12.2 Å². The summed E-state index contributed by atoms with van der Waals surface area (Å²) in [4.78, 5) is 25.3. The van der Waals surface area contributed by atoms with Gasteiger partial charge >= 0.3 is 0 Å². The van der Waals surface area contributed by atoms with E-state index in [-0.39, 0.29) is 24.4 Å². The van der Waals surface area contributed by atoms with Crippen LogP contribution in [0.1, 0.15) is 18.5 Å². The first kappa shape index (κ1) is 15.3. The minimum atomic E-state index is -0.204. The fourth-order valence-electron chi connectivity index (χ4n) is 1.51. The summed E-state index contributed by atoms with van der Waals surface area (Å²) in [6.07, 6.45) is 0.727. The molecule has 0 saturated carbocycles. The molecule has 0 fully saturated rings. The molecular weight excluding hydrogens is 264 g/mol. The highest BCUT2D eigenvalue weighted by Gasteiger charge is 2.09. The molecule has 19 heavy (non-hydrogen) atoms. The fourth-order valence-corrected chi connectivity index (χ4v) is 1.60. The maximum atomic E-state index is 11.8. The van der Waals surface area contributed by atoms with Crippen LogP contribution in [0.25, 0.3) is 0 Å². The number of rotatable bonds is 6. The Hall–Kier alpha value is -1.76. The van der Waals surface area contributed by atoms with Crippen molar-refractivity contribution in [2.45, 2.75) is 26.3 Å². The van der Waals surface area contributed by atoms with E-state index in [4.69, 9.17) is 18.0 Å². The average Bonchev–Trinajstić information content (AvgIpc) is 2.36. The van der Waals surface area contributed by atoms with Crippen molar-refractivity contribution in [1.29, 1.82) is 0 Å². The summed E-state index contributed by atoms with van der Waals surface area (Å²) in [5, 5.41) is 4.07. The summed E-state index contributed by atoms with van der Waals surface area (Å²) in [5.41, 5.74) is 5.92. The molecule has 0 unspecified atom stereocenters. The molecule has 2 N–H and O–H groups in total. The number of amides is 1. The van der Waals surface area contributed by atoms with E-state index in [1.165, 1.54) is 10.7 Å². The van der Waals surface area contributed by atoms with Gasteiger partial charge in [0.2, 0.25) is 5.91 Å². The number of nitrogens with two attached hydrogens (primary N) is 1. The summed E-state index contributed by atoms with van der Waals surface area (Å²) >= 11 is 4.76. The number of hydrogen-bond donors (Lipinski definition) is 1. The van der Waals surface area contributed by atoms with E-state index >= 15 is 0 Å². The molecule has 104 valence electrons. The van der Waals surface area contributed by atoms with Crippen molar-refractivity contribution < 1.29 is 4.79 Å². The zero-order chi connectivity index (χ0) is 14.4. The molecule has 0 bridgehead atoms. The van der Waals surface area contributed by atoms with Gasteiger partial charge in [-0.25, -0.2) is 4.68 Å². The monoisotopic (exact) mass is 282 g/mol. The maximum Gasteiger partial charge on any atom is 0.266 e. The molecule has 0 aliphatic rings. The molecule has 0 atom stereocenters. The molecule has 1 rings (SSSR count). The lowest BCUT2D eigenvalue weighted by Crippen LogP contribution is -2.32. The SMILES string of the molecule is Cc1ccc(=O)n(CCC(=O)N(C)CCC(N)=S)n1. The molecule has 0 aliphatic heterocycles. The second-order valence-electron chi connectivity index (χ2n) is 4.32. The Bertz CT molecular complexity index is 527. The van der Waals surface area contributed by atoms with Gasteiger partial charge < -0.3 is 10.6 Å². The fraction of sp³-hybridized carbons (Fsp3) is 0.500. The van der Waals surface area contributed by atoms with E-state index < -0.39 is 0 Å². The van der Waals surface area contributed by atoms with Crippen molar-refractivity contribution >= 4 is 23.1 Å². The van der Waals surface area contributed by atoms with Crippen LogP contribution in [0.5, 0.6) is 0 Å². The Balaban J connectivity index is 2.52. The second kappa shape index (κ2) is 6.98. The van der Waals surface area contributed by atoms with Crippen LogP contribution in [0.2, 0.25) is 0 Å². The van der Waals surface area contributed by atoms with E-state index in [1.807, 2.05) is 0 Å². The summed E-state index contributed by atoms with van der Waals surface area (Å²) in [6, 6.07) is 3.10. The van der Waals surface area contributed by atoms with Crippen LogP contribution < -0.4 is 11.3 Å². The quantitative estimate of drug-likeness (QED) is 0.747. The predicted molar refractivity (Wildman–Crippen MR) is 76.9 cm³/mol. The summed E-state index contributed by atoms with van der Waals surface area (Å²) < 4.78 is 1.30. The van der Waals surface area contributed by atoms with E-state index in [2.05, 4.69) is 5.10 Å². The Kier molecular flexibility index (Phi) is 5.62. The van der Waals surface area contributed by atoms with Crippen molar-refractivity contribution in [3.05, 3.63) is 28.2 Å². The number of aryl methyl sites for hydroxylation is 2. The maximum absolute atomic E-state index is 11.8. The molecular formula is C12H18N4O2S. The number of aromatic nitrogens is 2. The van der Waals surface area contributed by atoms with Gasteiger partial charge in [-0.15, -0.1) is 0 Å². The Morgan fingerprint density at radius 3 is 2.79 bits per heavy atom. The van der Waals surface area contributed by atoms with Gasteiger partial charge in [0.25, 0.3) is 5.56 Å². The smallest absolute Gasteiger partial charge is 0.266 e. The molecule has 1 aromatic heterocycles. The molecule has 7 heteroatoms. The lowest BCUT2D eigenvalue weighted by atomic mass is 10.3. The second-order valence-corrected chi connectivity index (χ2v) is 4.84. The third kappa shape index (κ3) is 5.17. The zero-order valence-electron chi connectivity index (χ0n) is 11.1. The highest BCUT2D eigenvalue weighted by atomic mass is 32.1. The van der Waals surface area contributed by atoms with Gasteiger partial charge in [0.05, 0.1) is 17.2 Å². The van der Waals surface area contributed by atoms with E-state index in [1.54, 1.807) is 24.9 Å². The minimum Gasteiger partial charge on any atom is -0.393 e. The first-order chi connectivity index (χ1) is 8.90. The Labute approximate surface area is 117 Å². The third-order valence-electron chi connectivity index (χ3n) is 2.66. The summed E-state index contributed by atoms with van der Waals surface area (Å²) in [6.45, 7) is 2.56. The van der Waals surface area contributed by atoms with Crippen molar-refractivity contribution in [1.82, 2.24) is 14.7 Å². The number of nitrogens with zero attached hydrogens (tertiary/aromatic N) is 3. The van der Waals surface area contributed by atoms with E-state index in [0.717, 1.165) is 5.69 Å². The molecule has 6 nitrogen and oxygen atoms in total. The minimum absolute atomic E-state index is 0.0635. The van der Waals surface area contributed by atoms with Crippen LogP contribution in [-0.2, 0) is 11.3 Å². The van der Waals surface area contributed by atoms with Crippen LogP contribution in [0.3, 0.4) is 0 Å². The van der Waals surface area contributed by atoms with E-state index in [0.29, 0.717) is 18.0 Å². The first-order valence-corrected chi connectivity index (χ1v) is 6.38. The predicted octanol–water partition coefficient (Wildman–Crippen LogP) is 0.0764. The highest BCUT2D eigenvalue weighted by Crippen LogP contribution is 1.96. The average molecular weight is 282 g/mol.